The number of carbonyl (C=O) groups excluding carboxylic acids is 3. The number of ether oxygens (including phenoxy) is 2. The van der Waals surface area contributed by atoms with E-state index in [2.05, 4.69) is 5.32 Å². The third kappa shape index (κ3) is 4.43. The number of nitrogens with one attached hydrogen (secondary N) is 1. The van der Waals surface area contributed by atoms with Gasteiger partial charge in [-0.1, -0.05) is 36.0 Å². The molecule has 1 saturated heterocycles. The van der Waals surface area contributed by atoms with E-state index in [0.717, 1.165) is 17.3 Å². The normalized spacial score (nSPS) is 16.3. The van der Waals surface area contributed by atoms with E-state index < -0.39 is 5.25 Å². The first-order valence-electron chi connectivity index (χ1n) is 7.95. The fraction of sp³-hybridized carbons (Fsp3) is 0.211. The van der Waals surface area contributed by atoms with Crippen molar-refractivity contribution < 1.29 is 23.9 Å². The van der Waals surface area contributed by atoms with Crippen LogP contribution in [0.3, 0.4) is 0 Å². The lowest BCUT2D eigenvalue weighted by atomic mass is 10.1. The summed E-state index contributed by atoms with van der Waals surface area (Å²) >= 11 is 1.00. The highest BCUT2D eigenvalue weighted by Crippen LogP contribution is 2.24. The molecule has 0 radical (unpaired) electrons. The van der Waals surface area contributed by atoms with Crippen LogP contribution in [0, 0.1) is 0 Å². The Morgan fingerprint density at radius 1 is 1.12 bits per heavy atom. The van der Waals surface area contributed by atoms with Crippen LogP contribution in [0.15, 0.2) is 48.5 Å². The van der Waals surface area contributed by atoms with Crippen LogP contribution in [0.5, 0.6) is 11.5 Å². The summed E-state index contributed by atoms with van der Waals surface area (Å²) in [4.78, 5) is 35.0. The van der Waals surface area contributed by atoms with Crippen molar-refractivity contribution in [3.8, 4) is 11.5 Å². The Hall–Kier alpha value is -2.80. The number of ketones is 1. The van der Waals surface area contributed by atoms with Gasteiger partial charge in [-0.3, -0.25) is 19.7 Å². The second-order valence-corrected chi connectivity index (χ2v) is 6.85. The lowest BCUT2D eigenvalue weighted by molar-refractivity contribution is -0.118. The van der Waals surface area contributed by atoms with Crippen LogP contribution >= 0.6 is 11.8 Å². The van der Waals surface area contributed by atoms with E-state index >= 15 is 0 Å². The molecule has 2 aromatic rings. The molecule has 1 N–H and O–H groups in total. The number of methoxy groups -OCH3 is 1. The summed E-state index contributed by atoms with van der Waals surface area (Å²) in [7, 11) is 1.55. The summed E-state index contributed by atoms with van der Waals surface area (Å²) < 4.78 is 10.6. The molecular formula is C19H17NO5S. The molecule has 1 aliphatic rings. The van der Waals surface area contributed by atoms with Crippen molar-refractivity contribution >= 4 is 28.7 Å². The van der Waals surface area contributed by atoms with E-state index in [4.69, 9.17) is 9.47 Å². The van der Waals surface area contributed by atoms with Gasteiger partial charge in [0.25, 0.3) is 5.24 Å². The van der Waals surface area contributed by atoms with Gasteiger partial charge in [0.2, 0.25) is 5.91 Å². The van der Waals surface area contributed by atoms with Gasteiger partial charge in [0.1, 0.15) is 11.5 Å². The predicted octanol–water partition coefficient (Wildman–Crippen LogP) is 2.85. The van der Waals surface area contributed by atoms with Crippen LogP contribution in [-0.4, -0.2) is 35.9 Å². The van der Waals surface area contributed by atoms with Gasteiger partial charge in [-0.2, -0.15) is 0 Å². The predicted molar refractivity (Wildman–Crippen MR) is 97.9 cm³/mol. The van der Waals surface area contributed by atoms with Crippen molar-refractivity contribution in [3.63, 3.8) is 0 Å². The number of benzene rings is 2. The quantitative estimate of drug-likeness (QED) is 0.754. The zero-order valence-corrected chi connectivity index (χ0v) is 14.9. The lowest BCUT2D eigenvalue weighted by Gasteiger charge is -2.09. The Labute approximate surface area is 154 Å². The van der Waals surface area contributed by atoms with Gasteiger partial charge >= 0.3 is 0 Å². The van der Waals surface area contributed by atoms with Gasteiger partial charge in [0.05, 0.1) is 12.4 Å². The molecule has 0 unspecified atom stereocenters. The minimum Gasteiger partial charge on any atom is -0.497 e. The molecule has 0 aliphatic carbocycles. The average Bonchev–Trinajstić information content (AvgIpc) is 2.97. The molecule has 7 heteroatoms. The fourth-order valence-electron chi connectivity index (χ4n) is 2.49. The first-order chi connectivity index (χ1) is 12.5. The number of hydrogen-bond acceptors (Lipinski definition) is 6. The maximum absolute atomic E-state index is 12.2. The van der Waals surface area contributed by atoms with Gasteiger partial charge in [-0.15, -0.1) is 0 Å². The molecule has 0 bridgehead atoms. The number of rotatable bonds is 7. The monoisotopic (exact) mass is 371 g/mol. The molecule has 2 amide bonds. The van der Waals surface area contributed by atoms with Gasteiger partial charge < -0.3 is 9.47 Å². The number of hydrogen-bond donors (Lipinski definition) is 1. The second kappa shape index (κ2) is 8.05. The Morgan fingerprint density at radius 3 is 2.54 bits per heavy atom. The Balaban J connectivity index is 1.55. The second-order valence-electron chi connectivity index (χ2n) is 5.68. The third-order valence-corrected chi connectivity index (χ3v) is 4.85. The smallest absolute Gasteiger partial charge is 0.286 e. The van der Waals surface area contributed by atoms with E-state index in [9.17, 15) is 14.4 Å². The summed E-state index contributed by atoms with van der Waals surface area (Å²) in [6, 6.07) is 14.0. The summed E-state index contributed by atoms with van der Waals surface area (Å²) in [5, 5.41) is 1.56. The van der Waals surface area contributed by atoms with Crippen LogP contribution in [0.1, 0.15) is 15.9 Å². The number of thioether (sulfide) groups is 1. The molecule has 1 aliphatic heterocycles. The first-order valence-corrected chi connectivity index (χ1v) is 8.83. The number of imide groups is 1. The number of Topliss-reactive ketones (excluding diaryl/α,β-unsaturated/α-hetero) is 1. The first kappa shape index (κ1) is 18.0. The highest BCUT2D eigenvalue weighted by molar-refractivity contribution is 8.15. The minimum atomic E-state index is -0.399. The van der Waals surface area contributed by atoms with Crippen molar-refractivity contribution in [1.82, 2.24) is 5.32 Å². The van der Waals surface area contributed by atoms with Gasteiger partial charge in [-0.25, -0.2) is 0 Å². The SMILES string of the molecule is COc1cccc(C(=O)COc2ccc(C[C@H]3SC(=O)NC3=O)cc2)c1. The van der Waals surface area contributed by atoms with Gasteiger partial charge in [0, 0.05) is 5.56 Å². The molecule has 1 atom stereocenters. The van der Waals surface area contributed by atoms with Gasteiger partial charge in [-0.05, 0) is 36.2 Å². The molecule has 0 spiro atoms. The van der Waals surface area contributed by atoms with Gasteiger partial charge in [0.15, 0.2) is 12.4 Å². The van der Waals surface area contributed by atoms with Crippen LogP contribution in [0.4, 0.5) is 4.79 Å². The molecule has 1 fully saturated rings. The zero-order valence-electron chi connectivity index (χ0n) is 14.1. The van der Waals surface area contributed by atoms with E-state index in [1.165, 1.54) is 0 Å². The maximum Gasteiger partial charge on any atom is 0.286 e. The van der Waals surface area contributed by atoms with Crippen LogP contribution in [0.25, 0.3) is 0 Å². The number of amides is 2. The molecule has 0 saturated carbocycles. The zero-order chi connectivity index (χ0) is 18.5. The largest absolute Gasteiger partial charge is 0.497 e. The Bertz CT molecular complexity index is 834. The summed E-state index contributed by atoms with van der Waals surface area (Å²) in [6.45, 7) is -0.0814. The fourth-order valence-corrected chi connectivity index (χ4v) is 3.35. The van der Waals surface area contributed by atoms with Crippen LogP contribution < -0.4 is 14.8 Å². The lowest BCUT2D eigenvalue weighted by Crippen LogP contribution is -2.25. The van der Waals surface area contributed by atoms with Crippen molar-refractivity contribution in [3.05, 3.63) is 59.7 Å². The molecule has 134 valence electrons. The highest BCUT2D eigenvalue weighted by atomic mass is 32.2. The number of carbonyl (C=O) groups is 3. The van der Waals surface area contributed by atoms with Crippen LogP contribution in [-0.2, 0) is 11.2 Å². The summed E-state index contributed by atoms with van der Waals surface area (Å²) in [6.07, 6.45) is 0.464. The van der Waals surface area contributed by atoms with E-state index in [1.807, 2.05) is 12.1 Å². The van der Waals surface area contributed by atoms with E-state index in [1.54, 1.807) is 43.5 Å². The van der Waals surface area contributed by atoms with Crippen molar-refractivity contribution in [2.24, 2.45) is 0 Å². The summed E-state index contributed by atoms with van der Waals surface area (Å²) in [5.41, 5.74) is 1.44. The third-order valence-electron chi connectivity index (χ3n) is 3.87. The Kier molecular flexibility index (Phi) is 5.58. The van der Waals surface area contributed by atoms with Crippen molar-refractivity contribution in [2.45, 2.75) is 11.7 Å². The average molecular weight is 371 g/mol. The standard InChI is InChI=1S/C19H17NO5S/c1-24-15-4-2-3-13(10-15)16(21)11-25-14-7-5-12(6-8-14)9-17-18(22)20-19(23)26-17/h2-8,10,17H,9,11H2,1H3,(H,20,22,23)/t17-/m1/s1. The van der Waals surface area contributed by atoms with Crippen LogP contribution in [0.2, 0.25) is 0 Å². The van der Waals surface area contributed by atoms with Crippen molar-refractivity contribution in [1.29, 1.82) is 0 Å². The van der Waals surface area contributed by atoms with E-state index in [0.29, 0.717) is 23.5 Å². The maximum atomic E-state index is 12.2. The topological polar surface area (TPSA) is 81.7 Å². The molecule has 3 rings (SSSR count). The molecular weight excluding hydrogens is 354 g/mol. The molecule has 6 nitrogen and oxygen atoms in total. The van der Waals surface area contributed by atoms with Crippen molar-refractivity contribution in [2.75, 3.05) is 13.7 Å². The highest BCUT2D eigenvalue weighted by Gasteiger charge is 2.31. The molecule has 0 aromatic heterocycles. The Morgan fingerprint density at radius 2 is 1.88 bits per heavy atom. The minimum absolute atomic E-state index is 0.0814. The molecule has 26 heavy (non-hydrogen) atoms. The molecule has 2 aromatic carbocycles. The summed E-state index contributed by atoms with van der Waals surface area (Å²) in [5.74, 6) is 0.770. The molecule has 1 heterocycles. The van der Waals surface area contributed by atoms with E-state index in [-0.39, 0.29) is 23.5 Å².